The SMILES string of the molecule is CC(Nc1ncc(N)cc1C#N)C(C)(C)C. The standard InChI is InChI=1S/C12H18N4/c1-8(12(2,3)4)16-11-9(6-13)5-10(14)7-15-11/h5,7-8H,14H2,1-4H3,(H,15,16). The zero-order valence-electron chi connectivity index (χ0n) is 10.2. The number of nitriles is 1. The predicted octanol–water partition coefficient (Wildman–Crippen LogP) is 2.38. The average molecular weight is 218 g/mol. The molecule has 0 aliphatic heterocycles. The molecule has 1 aromatic heterocycles. The van der Waals surface area contributed by atoms with Crippen molar-refractivity contribution in [1.82, 2.24) is 4.98 Å². The van der Waals surface area contributed by atoms with E-state index >= 15 is 0 Å². The fraction of sp³-hybridized carbons (Fsp3) is 0.500. The molecule has 0 saturated heterocycles. The van der Waals surface area contributed by atoms with Crippen LogP contribution < -0.4 is 11.1 Å². The number of nitrogen functional groups attached to an aromatic ring is 1. The van der Waals surface area contributed by atoms with Gasteiger partial charge in [-0.3, -0.25) is 0 Å². The molecule has 0 bridgehead atoms. The van der Waals surface area contributed by atoms with Gasteiger partial charge in [-0.15, -0.1) is 0 Å². The topological polar surface area (TPSA) is 74.7 Å². The van der Waals surface area contributed by atoms with Crippen LogP contribution in [0.2, 0.25) is 0 Å². The second-order valence-corrected chi connectivity index (χ2v) is 5.01. The van der Waals surface area contributed by atoms with Crippen LogP contribution in [0.25, 0.3) is 0 Å². The van der Waals surface area contributed by atoms with Gasteiger partial charge in [-0.1, -0.05) is 20.8 Å². The fourth-order valence-corrected chi connectivity index (χ4v) is 1.10. The minimum atomic E-state index is 0.107. The van der Waals surface area contributed by atoms with Crippen molar-refractivity contribution in [3.05, 3.63) is 17.8 Å². The number of hydrogen-bond donors (Lipinski definition) is 2. The summed E-state index contributed by atoms with van der Waals surface area (Å²) in [4.78, 5) is 4.14. The highest BCUT2D eigenvalue weighted by Crippen LogP contribution is 2.23. The van der Waals surface area contributed by atoms with Gasteiger partial charge in [-0.25, -0.2) is 4.98 Å². The molecule has 1 heterocycles. The fourth-order valence-electron chi connectivity index (χ4n) is 1.10. The van der Waals surface area contributed by atoms with Gasteiger partial charge in [0.25, 0.3) is 0 Å². The lowest BCUT2D eigenvalue weighted by molar-refractivity contribution is 0.358. The van der Waals surface area contributed by atoms with Crippen LogP contribution in [-0.4, -0.2) is 11.0 Å². The molecule has 0 aliphatic rings. The Morgan fingerprint density at radius 2 is 2.12 bits per heavy atom. The molecule has 4 heteroatoms. The van der Waals surface area contributed by atoms with E-state index < -0.39 is 0 Å². The summed E-state index contributed by atoms with van der Waals surface area (Å²) < 4.78 is 0. The first-order valence-corrected chi connectivity index (χ1v) is 5.26. The molecule has 1 atom stereocenters. The third-order valence-electron chi connectivity index (χ3n) is 2.68. The lowest BCUT2D eigenvalue weighted by atomic mass is 9.88. The van der Waals surface area contributed by atoms with E-state index in [0.29, 0.717) is 17.1 Å². The second kappa shape index (κ2) is 4.40. The number of anilines is 2. The van der Waals surface area contributed by atoms with E-state index in [-0.39, 0.29) is 11.5 Å². The van der Waals surface area contributed by atoms with Crippen molar-refractivity contribution in [2.24, 2.45) is 5.41 Å². The largest absolute Gasteiger partial charge is 0.397 e. The molecule has 0 fully saturated rings. The molecule has 16 heavy (non-hydrogen) atoms. The summed E-state index contributed by atoms with van der Waals surface area (Å²) in [6, 6.07) is 3.94. The maximum Gasteiger partial charge on any atom is 0.144 e. The smallest absolute Gasteiger partial charge is 0.144 e. The first-order valence-electron chi connectivity index (χ1n) is 5.26. The zero-order valence-corrected chi connectivity index (χ0v) is 10.2. The van der Waals surface area contributed by atoms with E-state index in [1.807, 2.05) is 0 Å². The Bertz CT molecular complexity index is 412. The molecule has 1 aromatic rings. The second-order valence-electron chi connectivity index (χ2n) is 5.01. The maximum absolute atomic E-state index is 8.97. The summed E-state index contributed by atoms with van der Waals surface area (Å²) in [5, 5.41) is 12.2. The highest BCUT2D eigenvalue weighted by molar-refractivity contribution is 5.57. The maximum atomic E-state index is 8.97. The quantitative estimate of drug-likeness (QED) is 0.799. The molecule has 0 spiro atoms. The molecule has 1 rings (SSSR count). The van der Waals surface area contributed by atoms with Gasteiger partial charge in [0.1, 0.15) is 11.9 Å². The number of nitrogens with one attached hydrogen (secondary N) is 1. The van der Waals surface area contributed by atoms with E-state index in [2.05, 4.69) is 44.1 Å². The zero-order chi connectivity index (χ0) is 12.3. The molecule has 0 aliphatic carbocycles. The lowest BCUT2D eigenvalue weighted by Crippen LogP contribution is -2.31. The molecular weight excluding hydrogens is 200 g/mol. The molecule has 0 saturated carbocycles. The van der Waals surface area contributed by atoms with Gasteiger partial charge in [0.05, 0.1) is 17.4 Å². The third kappa shape index (κ3) is 2.86. The van der Waals surface area contributed by atoms with Crippen LogP contribution in [0.1, 0.15) is 33.3 Å². The average Bonchev–Trinajstić information content (AvgIpc) is 2.19. The minimum Gasteiger partial charge on any atom is -0.397 e. The van der Waals surface area contributed by atoms with Crippen LogP contribution in [0, 0.1) is 16.7 Å². The van der Waals surface area contributed by atoms with Crippen molar-refractivity contribution >= 4 is 11.5 Å². The summed E-state index contributed by atoms with van der Waals surface area (Å²) in [6.45, 7) is 8.47. The molecular formula is C12H18N4. The molecule has 86 valence electrons. The summed E-state index contributed by atoms with van der Waals surface area (Å²) in [5.74, 6) is 0.596. The number of hydrogen-bond acceptors (Lipinski definition) is 4. The predicted molar refractivity (Wildman–Crippen MR) is 65.9 cm³/mol. The van der Waals surface area contributed by atoms with E-state index in [1.54, 1.807) is 12.3 Å². The van der Waals surface area contributed by atoms with Gasteiger partial charge in [0, 0.05) is 6.04 Å². The van der Waals surface area contributed by atoms with Gasteiger partial charge < -0.3 is 11.1 Å². The number of pyridine rings is 1. The molecule has 0 amide bonds. The number of nitrogens with two attached hydrogens (primary N) is 1. The van der Waals surface area contributed by atoms with E-state index in [4.69, 9.17) is 11.0 Å². The van der Waals surface area contributed by atoms with Gasteiger partial charge in [0.2, 0.25) is 0 Å². The van der Waals surface area contributed by atoms with E-state index in [0.717, 1.165) is 0 Å². The summed E-state index contributed by atoms with van der Waals surface area (Å²) in [7, 11) is 0. The Balaban J connectivity index is 2.95. The lowest BCUT2D eigenvalue weighted by Gasteiger charge is -2.28. The molecule has 3 N–H and O–H groups in total. The van der Waals surface area contributed by atoms with Crippen molar-refractivity contribution in [3.63, 3.8) is 0 Å². The van der Waals surface area contributed by atoms with Crippen LogP contribution in [0.3, 0.4) is 0 Å². The number of nitrogens with zero attached hydrogens (tertiary/aromatic N) is 2. The van der Waals surface area contributed by atoms with Crippen molar-refractivity contribution in [2.45, 2.75) is 33.7 Å². The van der Waals surface area contributed by atoms with E-state index in [9.17, 15) is 0 Å². The molecule has 4 nitrogen and oxygen atoms in total. The first kappa shape index (κ1) is 12.3. The van der Waals surface area contributed by atoms with Crippen LogP contribution in [0.15, 0.2) is 12.3 Å². The number of rotatable bonds is 2. The highest BCUT2D eigenvalue weighted by atomic mass is 15.0. The monoisotopic (exact) mass is 218 g/mol. The van der Waals surface area contributed by atoms with Crippen molar-refractivity contribution in [1.29, 1.82) is 5.26 Å². The normalized spacial score (nSPS) is 12.9. The van der Waals surface area contributed by atoms with Gasteiger partial charge in [0.15, 0.2) is 0 Å². The van der Waals surface area contributed by atoms with Crippen LogP contribution >= 0.6 is 0 Å². The van der Waals surface area contributed by atoms with Crippen molar-refractivity contribution in [2.75, 3.05) is 11.1 Å². The minimum absolute atomic E-state index is 0.107. The first-order chi connectivity index (χ1) is 7.34. The summed E-state index contributed by atoms with van der Waals surface area (Å²) in [6.07, 6.45) is 1.55. The van der Waals surface area contributed by atoms with Crippen molar-refractivity contribution < 1.29 is 0 Å². The van der Waals surface area contributed by atoms with Gasteiger partial charge in [-0.05, 0) is 18.4 Å². The molecule has 1 unspecified atom stereocenters. The Kier molecular flexibility index (Phi) is 3.38. The Morgan fingerprint density at radius 3 is 2.62 bits per heavy atom. The Labute approximate surface area is 96.5 Å². The van der Waals surface area contributed by atoms with Crippen LogP contribution in [-0.2, 0) is 0 Å². The van der Waals surface area contributed by atoms with Gasteiger partial charge >= 0.3 is 0 Å². The van der Waals surface area contributed by atoms with Crippen LogP contribution in [0.5, 0.6) is 0 Å². The Morgan fingerprint density at radius 1 is 1.50 bits per heavy atom. The molecule has 0 radical (unpaired) electrons. The summed E-state index contributed by atoms with van der Waals surface area (Å²) >= 11 is 0. The van der Waals surface area contributed by atoms with Gasteiger partial charge in [-0.2, -0.15) is 5.26 Å². The highest BCUT2D eigenvalue weighted by Gasteiger charge is 2.21. The van der Waals surface area contributed by atoms with Crippen molar-refractivity contribution in [3.8, 4) is 6.07 Å². The van der Waals surface area contributed by atoms with Crippen LogP contribution in [0.4, 0.5) is 11.5 Å². The third-order valence-corrected chi connectivity index (χ3v) is 2.68. The summed E-state index contributed by atoms with van der Waals surface area (Å²) in [5.41, 5.74) is 6.67. The Hall–Kier alpha value is -1.76. The van der Waals surface area contributed by atoms with E-state index in [1.165, 1.54) is 0 Å². The number of aromatic nitrogens is 1. The molecule has 0 aromatic carbocycles.